The van der Waals surface area contributed by atoms with Crippen LogP contribution < -0.4 is 10.6 Å². The molecule has 0 aliphatic heterocycles. The Balaban J connectivity index is 1.79. The summed E-state index contributed by atoms with van der Waals surface area (Å²) < 4.78 is 0. The topological polar surface area (TPSA) is 61.4 Å². The third-order valence-corrected chi connectivity index (χ3v) is 4.31. The van der Waals surface area contributed by atoms with Gasteiger partial charge in [-0.05, 0) is 35.7 Å². The van der Waals surface area contributed by atoms with E-state index in [4.69, 9.17) is 11.6 Å². The number of hydrogen-bond donors (Lipinski definition) is 2. The van der Waals surface area contributed by atoms with E-state index in [1.165, 1.54) is 0 Å². The molecule has 0 aromatic heterocycles. The fourth-order valence-corrected chi connectivity index (χ4v) is 2.59. The number of nitrogens with one attached hydrogen (secondary N) is 2. The molecule has 0 unspecified atom stereocenters. The highest BCUT2D eigenvalue weighted by Crippen LogP contribution is 2.14. The molecule has 0 heterocycles. The average molecular weight is 374 g/mol. The summed E-state index contributed by atoms with van der Waals surface area (Å²) in [7, 11) is 3.50. The van der Waals surface area contributed by atoms with Gasteiger partial charge in [0.25, 0.3) is 0 Å². The van der Waals surface area contributed by atoms with Crippen LogP contribution in [0, 0.1) is 0 Å². The van der Waals surface area contributed by atoms with Gasteiger partial charge in [0, 0.05) is 37.8 Å². The minimum absolute atomic E-state index is 0.0994. The quantitative estimate of drug-likeness (QED) is 0.747. The molecule has 0 saturated carbocycles. The van der Waals surface area contributed by atoms with Crippen molar-refractivity contribution in [1.29, 1.82) is 0 Å². The van der Waals surface area contributed by atoms with E-state index >= 15 is 0 Å². The zero-order valence-corrected chi connectivity index (χ0v) is 15.8. The molecule has 2 amide bonds. The Bertz CT molecular complexity index is 762. The summed E-state index contributed by atoms with van der Waals surface area (Å²) in [5, 5.41) is 6.59. The first-order valence-electron chi connectivity index (χ1n) is 8.49. The number of nitrogens with zero attached hydrogens (tertiary/aromatic N) is 1. The zero-order chi connectivity index (χ0) is 18.9. The zero-order valence-electron chi connectivity index (χ0n) is 15.1. The summed E-state index contributed by atoms with van der Waals surface area (Å²) in [6, 6.07) is 15.2. The van der Waals surface area contributed by atoms with Crippen molar-refractivity contribution in [1.82, 2.24) is 10.2 Å². The van der Waals surface area contributed by atoms with E-state index in [1.54, 1.807) is 25.1 Å². The molecule has 0 spiro atoms. The van der Waals surface area contributed by atoms with Crippen molar-refractivity contribution in [3.8, 4) is 0 Å². The molecule has 26 heavy (non-hydrogen) atoms. The van der Waals surface area contributed by atoms with Crippen LogP contribution in [-0.2, 0) is 22.6 Å². The van der Waals surface area contributed by atoms with Gasteiger partial charge in [0.1, 0.15) is 0 Å². The summed E-state index contributed by atoms with van der Waals surface area (Å²) in [4.78, 5) is 25.3. The molecule has 0 fully saturated rings. The van der Waals surface area contributed by atoms with E-state index in [-0.39, 0.29) is 18.4 Å². The van der Waals surface area contributed by atoms with Crippen LogP contribution in [0.2, 0.25) is 5.02 Å². The number of halogens is 1. The number of carbonyl (C=O) groups is 2. The Kier molecular flexibility index (Phi) is 7.48. The maximum atomic E-state index is 12.0. The Morgan fingerprint density at radius 1 is 1.08 bits per heavy atom. The van der Waals surface area contributed by atoms with Gasteiger partial charge in [-0.2, -0.15) is 0 Å². The maximum Gasteiger partial charge on any atom is 0.239 e. The number of rotatable bonds is 8. The lowest BCUT2D eigenvalue weighted by molar-refractivity contribution is -0.128. The molecule has 0 saturated heterocycles. The highest BCUT2D eigenvalue weighted by Gasteiger charge is 2.06. The number of amides is 2. The second-order valence-corrected chi connectivity index (χ2v) is 6.62. The molecule has 0 radical (unpaired) electrons. The lowest BCUT2D eigenvalue weighted by Gasteiger charge is -2.11. The minimum Gasteiger partial charge on any atom is -0.376 e. The summed E-state index contributed by atoms with van der Waals surface area (Å²) in [6.07, 6.45) is 1.14. The van der Waals surface area contributed by atoms with Crippen molar-refractivity contribution in [2.45, 2.75) is 19.4 Å². The monoisotopic (exact) mass is 373 g/mol. The van der Waals surface area contributed by atoms with Gasteiger partial charge in [-0.1, -0.05) is 41.9 Å². The molecule has 0 bridgehead atoms. The molecule has 0 aliphatic rings. The van der Waals surface area contributed by atoms with Gasteiger partial charge in [-0.25, -0.2) is 0 Å². The van der Waals surface area contributed by atoms with Crippen molar-refractivity contribution >= 4 is 29.1 Å². The van der Waals surface area contributed by atoms with Crippen molar-refractivity contribution < 1.29 is 9.59 Å². The van der Waals surface area contributed by atoms with Crippen LogP contribution in [0.15, 0.2) is 48.5 Å². The Hall–Kier alpha value is -2.53. The van der Waals surface area contributed by atoms with Crippen LogP contribution in [0.4, 0.5) is 5.69 Å². The summed E-state index contributed by atoms with van der Waals surface area (Å²) in [5.41, 5.74) is 2.80. The molecule has 2 N–H and O–H groups in total. The third-order valence-electron chi connectivity index (χ3n) is 3.94. The molecule has 0 atom stereocenters. The Labute approximate surface area is 159 Å². The normalized spacial score (nSPS) is 10.3. The second-order valence-electron chi connectivity index (χ2n) is 6.21. The molecule has 138 valence electrons. The predicted molar refractivity (Wildman–Crippen MR) is 105 cm³/mol. The van der Waals surface area contributed by atoms with Gasteiger partial charge in [-0.3, -0.25) is 9.59 Å². The van der Waals surface area contributed by atoms with Crippen LogP contribution in [0.1, 0.15) is 17.5 Å². The highest BCUT2D eigenvalue weighted by molar-refractivity contribution is 6.31. The minimum atomic E-state index is -0.113. The third kappa shape index (κ3) is 6.41. The number of aryl methyl sites for hydroxylation is 1. The van der Waals surface area contributed by atoms with Gasteiger partial charge in [0.15, 0.2) is 0 Å². The van der Waals surface area contributed by atoms with Crippen molar-refractivity contribution in [2.75, 3.05) is 26.0 Å². The fourth-order valence-electron chi connectivity index (χ4n) is 2.39. The highest BCUT2D eigenvalue weighted by atomic mass is 35.5. The first-order valence-corrected chi connectivity index (χ1v) is 8.86. The van der Waals surface area contributed by atoms with Crippen LogP contribution in [0.5, 0.6) is 0 Å². The lowest BCUT2D eigenvalue weighted by atomic mass is 10.1. The van der Waals surface area contributed by atoms with E-state index < -0.39 is 0 Å². The summed E-state index contributed by atoms with van der Waals surface area (Å²) >= 11 is 6.08. The number of benzene rings is 2. The van der Waals surface area contributed by atoms with Gasteiger partial charge in [0.05, 0.1) is 6.54 Å². The number of carbonyl (C=O) groups excluding carboxylic acids is 2. The van der Waals surface area contributed by atoms with Crippen molar-refractivity contribution in [3.63, 3.8) is 0 Å². The molecule has 0 aliphatic carbocycles. The molecule has 2 aromatic rings. The molecule has 6 heteroatoms. The summed E-state index contributed by atoms with van der Waals surface area (Å²) in [5.74, 6) is -0.0135. The van der Waals surface area contributed by atoms with Crippen molar-refractivity contribution in [2.24, 2.45) is 0 Å². The first-order chi connectivity index (χ1) is 12.5. The largest absolute Gasteiger partial charge is 0.376 e. The SMILES string of the molecule is CN(C)C(=O)CCc1cccc(NCC(=O)NCc2ccccc2Cl)c1. The van der Waals surface area contributed by atoms with E-state index in [0.29, 0.717) is 24.4 Å². The second kappa shape index (κ2) is 9.82. The molecule has 5 nitrogen and oxygen atoms in total. The van der Waals surface area contributed by atoms with Crippen LogP contribution in [-0.4, -0.2) is 37.4 Å². The number of anilines is 1. The van der Waals surface area contributed by atoms with Crippen LogP contribution in [0.25, 0.3) is 0 Å². The predicted octanol–water partition coefficient (Wildman–Crippen LogP) is 3.09. The van der Waals surface area contributed by atoms with Gasteiger partial charge >= 0.3 is 0 Å². The Morgan fingerprint density at radius 3 is 2.58 bits per heavy atom. The molecule has 2 rings (SSSR count). The Morgan fingerprint density at radius 2 is 1.85 bits per heavy atom. The maximum absolute atomic E-state index is 12.0. The van der Waals surface area contributed by atoms with Gasteiger partial charge < -0.3 is 15.5 Å². The molecule has 2 aromatic carbocycles. The summed E-state index contributed by atoms with van der Waals surface area (Å²) in [6.45, 7) is 0.567. The van der Waals surface area contributed by atoms with E-state index in [9.17, 15) is 9.59 Å². The van der Waals surface area contributed by atoms with Gasteiger partial charge in [-0.15, -0.1) is 0 Å². The van der Waals surface area contributed by atoms with E-state index in [0.717, 1.165) is 16.8 Å². The standard InChI is InChI=1S/C20H24ClN3O2/c1-24(2)20(26)11-10-15-6-5-8-17(12-15)22-14-19(25)23-13-16-7-3-4-9-18(16)21/h3-9,12,22H,10-11,13-14H2,1-2H3,(H,23,25). The van der Waals surface area contributed by atoms with Crippen LogP contribution in [0.3, 0.4) is 0 Å². The average Bonchev–Trinajstić information content (AvgIpc) is 2.64. The first kappa shape index (κ1) is 19.8. The smallest absolute Gasteiger partial charge is 0.239 e. The lowest BCUT2D eigenvalue weighted by Crippen LogP contribution is -2.29. The number of hydrogen-bond acceptors (Lipinski definition) is 3. The van der Waals surface area contributed by atoms with E-state index in [1.807, 2.05) is 42.5 Å². The van der Waals surface area contributed by atoms with Gasteiger partial charge in [0.2, 0.25) is 11.8 Å². The van der Waals surface area contributed by atoms with Crippen molar-refractivity contribution in [3.05, 3.63) is 64.7 Å². The molecular formula is C20H24ClN3O2. The van der Waals surface area contributed by atoms with Crippen LogP contribution >= 0.6 is 11.6 Å². The molecular weight excluding hydrogens is 350 g/mol. The fraction of sp³-hybridized carbons (Fsp3) is 0.300. The van der Waals surface area contributed by atoms with E-state index in [2.05, 4.69) is 10.6 Å².